The van der Waals surface area contributed by atoms with E-state index < -0.39 is 0 Å². The van der Waals surface area contributed by atoms with Crippen molar-refractivity contribution in [1.82, 2.24) is 0 Å². The maximum atomic E-state index is 12.2. The minimum Gasteiger partial charge on any atom is -0.251 e. The summed E-state index contributed by atoms with van der Waals surface area (Å²) in [4.78, 5) is 0. The summed E-state index contributed by atoms with van der Waals surface area (Å²) in [5.41, 5.74) is 0. The monoisotopic (exact) mass is 142 g/mol. The first-order chi connectivity index (χ1) is 4.90. The van der Waals surface area contributed by atoms with Crippen molar-refractivity contribution in [2.24, 2.45) is 17.8 Å². The molecular weight excluding hydrogens is 127 g/mol. The molecule has 0 heterocycles. The van der Waals surface area contributed by atoms with Crippen LogP contribution in [0.15, 0.2) is 0 Å². The minimum absolute atomic E-state index is 0.0625. The van der Waals surface area contributed by atoms with Gasteiger partial charge in [-0.15, -0.1) is 0 Å². The molecule has 2 rings (SSSR count). The predicted octanol–water partition coefficient (Wildman–Crippen LogP) is 2.78. The number of rotatable bonds is 1. The van der Waals surface area contributed by atoms with E-state index in [9.17, 15) is 4.39 Å². The van der Waals surface area contributed by atoms with Gasteiger partial charge in [-0.25, -0.2) is 0 Å². The normalized spacial score (nSPS) is 45.9. The number of hydrogen-bond donors (Lipinski definition) is 0. The first-order valence-corrected chi connectivity index (χ1v) is 4.46. The van der Waals surface area contributed by atoms with Gasteiger partial charge in [0.15, 0.2) is 0 Å². The highest BCUT2D eigenvalue weighted by Crippen LogP contribution is 2.46. The molecule has 10 heavy (non-hydrogen) atoms. The molecule has 0 N–H and O–H groups in total. The third-order valence-electron chi connectivity index (χ3n) is 3.31. The van der Waals surface area contributed by atoms with Crippen molar-refractivity contribution in [2.75, 3.05) is 6.67 Å². The summed E-state index contributed by atoms with van der Waals surface area (Å²) in [5, 5.41) is 0. The van der Waals surface area contributed by atoms with Gasteiger partial charge in [0, 0.05) is 0 Å². The Bertz CT molecular complexity index is 110. The van der Waals surface area contributed by atoms with Gasteiger partial charge in [0.25, 0.3) is 0 Å². The molecule has 0 spiro atoms. The summed E-state index contributed by atoms with van der Waals surface area (Å²) >= 11 is 0. The standard InChI is InChI=1S/C9H15F/c10-6-7-4-8-2-1-3-9(8)5-7/h7-9H,1-6H2. The van der Waals surface area contributed by atoms with Crippen LogP contribution in [0.25, 0.3) is 0 Å². The third kappa shape index (κ3) is 0.959. The Labute approximate surface area is 61.8 Å². The number of alkyl halides is 1. The van der Waals surface area contributed by atoms with Gasteiger partial charge in [-0.1, -0.05) is 19.3 Å². The van der Waals surface area contributed by atoms with Gasteiger partial charge in [0.2, 0.25) is 0 Å². The van der Waals surface area contributed by atoms with Crippen molar-refractivity contribution in [3.63, 3.8) is 0 Å². The highest BCUT2D eigenvalue weighted by Gasteiger charge is 2.36. The van der Waals surface area contributed by atoms with Crippen LogP contribution in [0.5, 0.6) is 0 Å². The second-order valence-electron chi connectivity index (χ2n) is 3.94. The van der Waals surface area contributed by atoms with E-state index in [1.54, 1.807) is 0 Å². The van der Waals surface area contributed by atoms with E-state index in [2.05, 4.69) is 0 Å². The Morgan fingerprint density at radius 2 is 1.70 bits per heavy atom. The smallest absolute Gasteiger partial charge is 0.0922 e. The van der Waals surface area contributed by atoms with Crippen LogP contribution in [0.1, 0.15) is 32.1 Å². The fourth-order valence-electron chi connectivity index (χ4n) is 2.81. The first kappa shape index (κ1) is 6.63. The molecule has 0 bridgehead atoms. The molecule has 2 unspecified atom stereocenters. The largest absolute Gasteiger partial charge is 0.251 e. The van der Waals surface area contributed by atoms with Gasteiger partial charge in [-0.3, -0.25) is 4.39 Å². The van der Waals surface area contributed by atoms with Crippen LogP contribution < -0.4 is 0 Å². The molecule has 2 saturated carbocycles. The maximum Gasteiger partial charge on any atom is 0.0922 e. The second-order valence-corrected chi connectivity index (χ2v) is 3.94. The lowest BCUT2D eigenvalue weighted by atomic mass is 10.0. The summed E-state index contributed by atoms with van der Waals surface area (Å²) in [6.45, 7) is -0.0625. The Morgan fingerprint density at radius 1 is 1.10 bits per heavy atom. The van der Waals surface area contributed by atoms with Crippen molar-refractivity contribution >= 4 is 0 Å². The molecule has 0 aromatic rings. The van der Waals surface area contributed by atoms with E-state index in [1.165, 1.54) is 32.1 Å². The fourth-order valence-corrected chi connectivity index (χ4v) is 2.81. The van der Waals surface area contributed by atoms with Crippen LogP contribution in [0.3, 0.4) is 0 Å². The molecular formula is C9H15F. The molecule has 0 aromatic heterocycles. The van der Waals surface area contributed by atoms with Crippen molar-refractivity contribution in [2.45, 2.75) is 32.1 Å². The van der Waals surface area contributed by atoms with Gasteiger partial charge in [0.05, 0.1) is 6.67 Å². The molecule has 0 radical (unpaired) electrons. The van der Waals surface area contributed by atoms with E-state index in [-0.39, 0.29) is 6.67 Å². The molecule has 58 valence electrons. The van der Waals surface area contributed by atoms with Crippen LogP contribution in [0.4, 0.5) is 4.39 Å². The lowest BCUT2D eigenvalue weighted by Gasteiger charge is -2.04. The van der Waals surface area contributed by atoms with Gasteiger partial charge in [-0.2, -0.15) is 0 Å². The van der Waals surface area contributed by atoms with Gasteiger partial charge >= 0.3 is 0 Å². The molecule has 0 amide bonds. The quantitative estimate of drug-likeness (QED) is 0.528. The van der Waals surface area contributed by atoms with Crippen LogP contribution >= 0.6 is 0 Å². The molecule has 0 nitrogen and oxygen atoms in total. The zero-order valence-electron chi connectivity index (χ0n) is 6.35. The molecule has 1 heteroatoms. The van der Waals surface area contributed by atoms with E-state index in [4.69, 9.17) is 0 Å². The van der Waals surface area contributed by atoms with Crippen molar-refractivity contribution in [1.29, 1.82) is 0 Å². The molecule has 2 aliphatic carbocycles. The zero-order valence-corrected chi connectivity index (χ0v) is 6.35. The summed E-state index contributed by atoms with van der Waals surface area (Å²) in [7, 11) is 0. The Balaban J connectivity index is 1.94. The van der Waals surface area contributed by atoms with Crippen molar-refractivity contribution < 1.29 is 4.39 Å². The maximum absolute atomic E-state index is 12.2. The summed E-state index contributed by atoms with van der Waals surface area (Å²) in [6.07, 6.45) is 6.58. The van der Waals surface area contributed by atoms with Crippen LogP contribution in [-0.2, 0) is 0 Å². The fraction of sp³-hybridized carbons (Fsp3) is 1.00. The highest BCUT2D eigenvalue weighted by molar-refractivity contribution is 4.87. The highest BCUT2D eigenvalue weighted by atomic mass is 19.1. The van der Waals surface area contributed by atoms with Gasteiger partial charge < -0.3 is 0 Å². The van der Waals surface area contributed by atoms with Crippen LogP contribution in [0.2, 0.25) is 0 Å². The average Bonchev–Trinajstić information content (AvgIpc) is 2.42. The van der Waals surface area contributed by atoms with E-state index in [1.807, 2.05) is 0 Å². The third-order valence-corrected chi connectivity index (χ3v) is 3.31. The van der Waals surface area contributed by atoms with Gasteiger partial charge in [0.1, 0.15) is 0 Å². The van der Waals surface area contributed by atoms with Crippen LogP contribution in [-0.4, -0.2) is 6.67 Å². The number of hydrogen-bond acceptors (Lipinski definition) is 0. The molecule has 0 saturated heterocycles. The Kier molecular flexibility index (Phi) is 1.67. The SMILES string of the molecule is FCC1CC2CCCC2C1. The van der Waals surface area contributed by atoms with E-state index >= 15 is 0 Å². The lowest BCUT2D eigenvalue weighted by Crippen LogP contribution is -1.97. The summed E-state index contributed by atoms with van der Waals surface area (Å²) < 4.78 is 12.2. The first-order valence-electron chi connectivity index (χ1n) is 4.46. The van der Waals surface area contributed by atoms with Gasteiger partial charge in [-0.05, 0) is 30.6 Å². The Morgan fingerprint density at radius 3 is 2.20 bits per heavy atom. The Hall–Kier alpha value is -0.0700. The molecule has 0 aromatic carbocycles. The summed E-state index contributed by atoms with van der Waals surface area (Å²) in [6, 6.07) is 0. The molecule has 2 atom stereocenters. The molecule has 2 fully saturated rings. The van der Waals surface area contributed by atoms with E-state index in [0.717, 1.165) is 11.8 Å². The predicted molar refractivity (Wildman–Crippen MR) is 39.5 cm³/mol. The summed E-state index contributed by atoms with van der Waals surface area (Å²) in [5.74, 6) is 2.27. The van der Waals surface area contributed by atoms with Crippen molar-refractivity contribution in [3.05, 3.63) is 0 Å². The number of fused-ring (bicyclic) bond motifs is 1. The molecule has 2 aliphatic rings. The number of halogens is 1. The van der Waals surface area contributed by atoms with E-state index in [0.29, 0.717) is 5.92 Å². The second kappa shape index (κ2) is 2.52. The van der Waals surface area contributed by atoms with Crippen molar-refractivity contribution in [3.8, 4) is 0 Å². The van der Waals surface area contributed by atoms with Crippen LogP contribution in [0, 0.1) is 17.8 Å². The topological polar surface area (TPSA) is 0 Å². The lowest BCUT2D eigenvalue weighted by molar-refractivity contribution is 0.349. The minimum atomic E-state index is -0.0625. The zero-order chi connectivity index (χ0) is 6.97. The molecule has 0 aliphatic heterocycles. The average molecular weight is 142 g/mol.